The molecular formula is C16H20N4OS. The van der Waals surface area contributed by atoms with Crippen molar-refractivity contribution in [3.8, 4) is 11.4 Å². The summed E-state index contributed by atoms with van der Waals surface area (Å²) >= 11 is 1.59. The molecule has 0 spiro atoms. The number of carbonyl (C=O) groups excluding carboxylic acids is 1. The maximum atomic E-state index is 12.0. The Labute approximate surface area is 134 Å². The van der Waals surface area contributed by atoms with Gasteiger partial charge in [-0.15, -0.1) is 10.2 Å². The highest BCUT2D eigenvalue weighted by atomic mass is 32.2. The molecule has 1 saturated heterocycles. The Balaban J connectivity index is 1.57. The van der Waals surface area contributed by atoms with Crippen LogP contribution in [0.4, 0.5) is 0 Å². The first kappa shape index (κ1) is 15.1. The first-order valence-corrected chi connectivity index (χ1v) is 8.59. The molecular weight excluding hydrogens is 296 g/mol. The Hall–Kier alpha value is -1.82. The van der Waals surface area contributed by atoms with E-state index in [1.807, 2.05) is 46.8 Å². The largest absolute Gasteiger partial charge is 0.343 e. The maximum absolute atomic E-state index is 12.0. The monoisotopic (exact) mass is 316 g/mol. The number of hydrogen-bond donors (Lipinski definition) is 0. The molecule has 0 radical (unpaired) electrons. The lowest BCUT2D eigenvalue weighted by Gasteiger charge is -2.14. The Bertz CT molecular complexity index is 635. The summed E-state index contributed by atoms with van der Waals surface area (Å²) < 4.78 is 1.99. The lowest BCUT2D eigenvalue weighted by molar-refractivity contribution is -0.129. The number of thioether (sulfide) groups is 1. The average Bonchev–Trinajstić information content (AvgIpc) is 3.19. The zero-order valence-electron chi connectivity index (χ0n) is 12.7. The quantitative estimate of drug-likeness (QED) is 0.796. The minimum Gasteiger partial charge on any atom is -0.343 e. The van der Waals surface area contributed by atoms with Crippen molar-refractivity contribution >= 4 is 17.7 Å². The molecule has 1 amide bonds. The van der Waals surface area contributed by atoms with Crippen molar-refractivity contribution in [3.63, 3.8) is 0 Å². The summed E-state index contributed by atoms with van der Waals surface area (Å²) in [5.74, 6) is 1.86. The van der Waals surface area contributed by atoms with E-state index < -0.39 is 0 Å². The van der Waals surface area contributed by atoms with E-state index in [9.17, 15) is 4.79 Å². The van der Waals surface area contributed by atoms with Crippen LogP contribution >= 0.6 is 11.8 Å². The third-order valence-corrected chi connectivity index (χ3v) is 4.89. The highest BCUT2D eigenvalue weighted by molar-refractivity contribution is 7.99. The Morgan fingerprint density at radius 1 is 1.18 bits per heavy atom. The lowest BCUT2D eigenvalue weighted by Crippen LogP contribution is -2.27. The third kappa shape index (κ3) is 3.32. The topological polar surface area (TPSA) is 51.0 Å². The van der Waals surface area contributed by atoms with Crippen molar-refractivity contribution in [2.45, 2.75) is 24.4 Å². The number of nitrogens with zero attached hydrogens (tertiary/aromatic N) is 4. The summed E-state index contributed by atoms with van der Waals surface area (Å²) in [6.07, 6.45) is 2.85. The SMILES string of the molecule is Cn1c(SCCC(=O)N2CCCC2)nnc1-c1ccccc1. The molecule has 1 fully saturated rings. The maximum Gasteiger partial charge on any atom is 0.223 e. The van der Waals surface area contributed by atoms with E-state index in [2.05, 4.69) is 10.2 Å². The summed E-state index contributed by atoms with van der Waals surface area (Å²) in [6.45, 7) is 1.84. The van der Waals surface area contributed by atoms with Crippen LogP contribution in [0.25, 0.3) is 11.4 Å². The normalized spacial score (nSPS) is 14.5. The molecule has 5 nitrogen and oxygen atoms in total. The fraction of sp³-hybridized carbons (Fsp3) is 0.438. The molecule has 116 valence electrons. The summed E-state index contributed by atoms with van der Waals surface area (Å²) in [4.78, 5) is 14.0. The van der Waals surface area contributed by atoms with Gasteiger partial charge in [0.25, 0.3) is 0 Å². The molecule has 0 N–H and O–H groups in total. The second kappa shape index (κ2) is 6.96. The van der Waals surface area contributed by atoms with E-state index >= 15 is 0 Å². The van der Waals surface area contributed by atoms with Crippen molar-refractivity contribution in [2.24, 2.45) is 7.05 Å². The molecule has 0 unspecified atom stereocenters. The number of aromatic nitrogens is 3. The minimum atomic E-state index is 0.260. The molecule has 3 rings (SSSR count). The molecule has 0 saturated carbocycles. The van der Waals surface area contributed by atoms with Gasteiger partial charge in [-0.05, 0) is 12.8 Å². The summed E-state index contributed by atoms with van der Waals surface area (Å²) in [6, 6.07) is 10.0. The van der Waals surface area contributed by atoms with Gasteiger partial charge in [-0.25, -0.2) is 0 Å². The molecule has 1 aromatic carbocycles. The fourth-order valence-corrected chi connectivity index (χ4v) is 3.47. The van der Waals surface area contributed by atoms with E-state index in [0.29, 0.717) is 6.42 Å². The van der Waals surface area contributed by atoms with Crippen LogP contribution in [0.15, 0.2) is 35.5 Å². The number of carbonyl (C=O) groups is 1. The molecule has 6 heteroatoms. The van der Waals surface area contributed by atoms with Crippen LogP contribution in [0, 0.1) is 0 Å². The number of benzene rings is 1. The first-order valence-electron chi connectivity index (χ1n) is 7.61. The summed E-state index contributed by atoms with van der Waals surface area (Å²) in [7, 11) is 1.97. The van der Waals surface area contributed by atoms with Crippen molar-refractivity contribution < 1.29 is 4.79 Å². The predicted octanol–water partition coefficient (Wildman–Crippen LogP) is 2.59. The van der Waals surface area contributed by atoms with E-state index in [1.165, 1.54) is 0 Å². The van der Waals surface area contributed by atoms with Crippen molar-refractivity contribution in [2.75, 3.05) is 18.8 Å². The molecule has 0 aliphatic carbocycles. The van der Waals surface area contributed by atoms with Gasteiger partial charge >= 0.3 is 0 Å². The second-order valence-electron chi connectivity index (χ2n) is 5.42. The molecule has 0 bridgehead atoms. The van der Waals surface area contributed by atoms with Gasteiger partial charge in [0, 0.05) is 37.9 Å². The van der Waals surface area contributed by atoms with Crippen molar-refractivity contribution in [1.29, 1.82) is 0 Å². The zero-order chi connectivity index (χ0) is 15.4. The van der Waals surface area contributed by atoms with Gasteiger partial charge in [0.05, 0.1) is 0 Å². The number of amides is 1. The van der Waals surface area contributed by atoms with E-state index in [1.54, 1.807) is 11.8 Å². The third-order valence-electron chi connectivity index (χ3n) is 3.87. The number of rotatable bonds is 5. The smallest absolute Gasteiger partial charge is 0.223 e. The molecule has 1 aliphatic rings. The van der Waals surface area contributed by atoms with Crippen LogP contribution < -0.4 is 0 Å². The van der Waals surface area contributed by atoms with Crippen LogP contribution in [-0.2, 0) is 11.8 Å². The molecule has 1 aliphatic heterocycles. The molecule has 2 heterocycles. The van der Waals surface area contributed by atoms with Crippen LogP contribution in [-0.4, -0.2) is 44.4 Å². The van der Waals surface area contributed by atoms with Gasteiger partial charge in [-0.1, -0.05) is 42.1 Å². The molecule has 22 heavy (non-hydrogen) atoms. The number of likely N-dealkylation sites (tertiary alicyclic amines) is 1. The van der Waals surface area contributed by atoms with Crippen LogP contribution in [0.3, 0.4) is 0 Å². The highest BCUT2D eigenvalue weighted by Crippen LogP contribution is 2.23. The molecule has 1 aromatic heterocycles. The second-order valence-corrected chi connectivity index (χ2v) is 6.48. The van der Waals surface area contributed by atoms with Gasteiger partial charge in [-0.3, -0.25) is 4.79 Å². The highest BCUT2D eigenvalue weighted by Gasteiger charge is 2.18. The van der Waals surface area contributed by atoms with Crippen LogP contribution in [0.2, 0.25) is 0 Å². The van der Waals surface area contributed by atoms with Gasteiger partial charge in [-0.2, -0.15) is 0 Å². The van der Waals surface area contributed by atoms with E-state index in [0.717, 1.165) is 48.2 Å². The van der Waals surface area contributed by atoms with Gasteiger partial charge in [0.15, 0.2) is 11.0 Å². The predicted molar refractivity (Wildman–Crippen MR) is 87.6 cm³/mol. The Morgan fingerprint density at radius 3 is 2.64 bits per heavy atom. The van der Waals surface area contributed by atoms with Crippen LogP contribution in [0.5, 0.6) is 0 Å². The fourth-order valence-electron chi connectivity index (χ4n) is 2.63. The van der Waals surface area contributed by atoms with E-state index in [-0.39, 0.29) is 5.91 Å². The first-order chi connectivity index (χ1) is 10.8. The van der Waals surface area contributed by atoms with Crippen molar-refractivity contribution in [3.05, 3.63) is 30.3 Å². The van der Waals surface area contributed by atoms with Gasteiger partial charge < -0.3 is 9.47 Å². The summed E-state index contributed by atoms with van der Waals surface area (Å²) in [5, 5.41) is 9.35. The van der Waals surface area contributed by atoms with Gasteiger partial charge in [0.1, 0.15) is 0 Å². The minimum absolute atomic E-state index is 0.260. The number of hydrogen-bond acceptors (Lipinski definition) is 4. The lowest BCUT2D eigenvalue weighted by atomic mass is 10.2. The average molecular weight is 316 g/mol. The molecule has 0 atom stereocenters. The Kier molecular flexibility index (Phi) is 4.77. The zero-order valence-corrected chi connectivity index (χ0v) is 13.6. The van der Waals surface area contributed by atoms with Crippen molar-refractivity contribution in [1.82, 2.24) is 19.7 Å². The van der Waals surface area contributed by atoms with Gasteiger partial charge in [0.2, 0.25) is 5.91 Å². The Morgan fingerprint density at radius 2 is 1.91 bits per heavy atom. The van der Waals surface area contributed by atoms with Crippen LogP contribution in [0.1, 0.15) is 19.3 Å². The summed E-state index contributed by atoms with van der Waals surface area (Å²) in [5.41, 5.74) is 1.05. The molecule has 2 aromatic rings. The standard InChI is InChI=1S/C16H20N4OS/c1-19-15(13-7-3-2-4-8-13)17-18-16(19)22-12-9-14(21)20-10-5-6-11-20/h2-4,7-8H,5-6,9-12H2,1H3. The van der Waals surface area contributed by atoms with E-state index in [4.69, 9.17) is 0 Å².